The van der Waals surface area contributed by atoms with Crippen LogP contribution in [-0.4, -0.2) is 17.9 Å². The van der Waals surface area contributed by atoms with Crippen LogP contribution in [0.25, 0.3) is 0 Å². The fourth-order valence-corrected chi connectivity index (χ4v) is 1.67. The van der Waals surface area contributed by atoms with E-state index in [2.05, 4.69) is 28.1 Å². The van der Waals surface area contributed by atoms with Crippen LogP contribution in [0.2, 0.25) is 0 Å². The number of alkyl halides is 1. The zero-order valence-corrected chi connectivity index (χ0v) is 11.8. The van der Waals surface area contributed by atoms with Gasteiger partial charge in [-0.15, -0.1) is 0 Å². The van der Waals surface area contributed by atoms with Crippen LogP contribution in [0.1, 0.15) is 51.9 Å². The minimum Gasteiger partial charge on any atom is -0.466 e. The zero-order valence-electron chi connectivity index (χ0n) is 10.2. The van der Waals surface area contributed by atoms with Crippen molar-refractivity contribution in [3.05, 3.63) is 12.2 Å². The Hall–Kier alpha value is -0.310. The highest BCUT2D eigenvalue weighted by atomic mass is 79.9. The summed E-state index contributed by atoms with van der Waals surface area (Å²) in [6.07, 6.45) is 12.8. The molecule has 0 fully saturated rings. The van der Waals surface area contributed by atoms with Crippen LogP contribution in [0.4, 0.5) is 0 Å². The highest BCUT2D eigenvalue weighted by molar-refractivity contribution is 9.09. The molecule has 3 heteroatoms. The van der Waals surface area contributed by atoms with Crippen molar-refractivity contribution in [1.29, 1.82) is 0 Å². The van der Waals surface area contributed by atoms with Crippen LogP contribution in [0.5, 0.6) is 0 Å². The van der Waals surface area contributed by atoms with Crippen molar-refractivity contribution in [2.45, 2.75) is 51.9 Å². The molecule has 0 unspecified atom stereocenters. The average Bonchev–Trinajstić information content (AvgIpc) is 2.25. The van der Waals surface area contributed by atoms with Crippen molar-refractivity contribution in [3.8, 4) is 0 Å². The second kappa shape index (κ2) is 12.8. The minimum atomic E-state index is -0.170. The normalized spacial score (nSPS) is 10.9. The Balaban J connectivity index is 3.01. The Labute approximate surface area is 108 Å². The second-order valence-corrected chi connectivity index (χ2v) is 4.64. The van der Waals surface area contributed by atoms with Crippen molar-refractivity contribution >= 4 is 21.9 Å². The summed E-state index contributed by atoms with van der Waals surface area (Å²) >= 11 is 3.39. The molecule has 0 heterocycles. The Morgan fingerprint density at radius 2 is 1.69 bits per heavy atom. The predicted molar refractivity (Wildman–Crippen MR) is 71.9 cm³/mol. The number of carbonyl (C=O) groups is 1. The lowest BCUT2D eigenvalue weighted by Crippen LogP contribution is -1.99. The maximum Gasteiger partial charge on any atom is 0.302 e. The van der Waals surface area contributed by atoms with Gasteiger partial charge < -0.3 is 4.74 Å². The van der Waals surface area contributed by atoms with E-state index >= 15 is 0 Å². The lowest BCUT2D eigenvalue weighted by molar-refractivity contribution is -0.141. The van der Waals surface area contributed by atoms with Crippen LogP contribution in [0, 0.1) is 0 Å². The summed E-state index contributed by atoms with van der Waals surface area (Å²) < 4.78 is 4.86. The Bertz CT molecular complexity index is 190. The van der Waals surface area contributed by atoms with Gasteiger partial charge >= 0.3 is 5.97 Å². The first-order chi connectivity index (χ1) is 7.77. The van der Waals surface area contributed by atoms with Gasteiger partial charge in [-0.1, -0.05) is 47.3 Å². The van der Waals surface area contributed by atoms with E-state index in [0.717, 1.165) is 18.2 Å². The molecule has 0 rings (SSSR count). The standard InChI is InChI=1S/C13H23BrO2/c1-13(15)16-12-10-8-6-4-2-3-5-7-9-11-14/h5,7H,2-4,6,8-12H2,1H3/b7-5-. The third kappa shape index (κ3) is 13.7. The molecule has 0 saturated heterocycles. The van der Waals surface area contributed by atoms with Gasteiger partial charge in [-0.25, -0.2) is 0 Å². The summed E-state index contributed by atoms with van der Waals surface area (Å²) in [4.78, 5) is 10.5. The maximum absolute atomic E-state index is 10.5. The molecule has 0 radical (unpaired) electrons. The fraction of sp³-hybridized carbons (Fsp3) is 0.769. The molecule has 16 heavy (non-hydrogen) atoms. The number of carbonyl (C=O) groups excluding carboxylic acids is 1. The van der Waals surface area contributed by atoms with Crippen molar-refractivity contribution in [2.24, 2.45) is 0 Å². The molecule has 0 bridgehead atoms. The number of unbranched alkanes of at least 4 members (excludes halogenated alkanes) is 5. The minimum absolute atomic E-state index is 0.170. The summed E-state index contributed by atoms with van der Waals surface area (Å²) in [6, 6.07) is 0. The van der Waals surface area contributed by atoms with Crippen molar-refractivity contribution in [3.63, 3.8) is 0 Å². The van der Waals surface area contributed by atoms with E-state index in [1.54, 1.807) is 0 Å². The number of hydrogen-bond acceptors (Lipinski definition) is 2. The van der Waals surface area contributed by atoms with Gasteiger partial charge in [-0.2, -0.15) is 0 Å². The summed E-state index contributed by atoms with van der Waals surface area (Å²) in [5.74, 6) is -0.170. The summed E-state index contributed by atoms with van der Waals surface area (Å²) in [7, 11) is 0. The van der Waals surface area contributed by atoms with Gasteiger partial charge in [0, 0.05) is 12.3 Å². The molecule has 0 N–H and O–H groups in total. The van der Waals surface area contributed by atoms with Crippen LogP contribution < -0.4 is 0 Å². The number of halogens is 1. The van der Waals surface area contributed by atoms with Gasteiger partial charge in [0.2, 0.25) is 0 Å². The monoisotopic (exact) mass is 290 g/mol. The molecule has 0 aromatic carbocycles. The van der Waals surface area contributed by atoms with E-state index < -0.39 is 0 Å². The van der Waals surface area contributed by atoms with E-state index in [4.69, 9.17) is 4.74 Å². The van der Waals surface area contributed by atoms with Crippen LogP contribution in [0.3, 0.4) is 0 Å². The van der Waals surface area contributed by atoms with E-state index in [0.29, 0.717) is 6.61 Å². The molecule has 0 spiro atoms. The quantitative estimate of drug-likeness (QED) is 0.260. The molecule has 0 aliphatic heterocycles. The zero-order chi connectivity index (χ0) is 12.1. The van der Waals surface area contributed by atoms with Gasteiger partial charge in [-0.05, 0) is 25.7 Å². The van der Waals surface area contributed by atoms with E-state index in [-0.39, 0.29) is 5.97 Å². The lowest BCUT2D eigenvalue weighted by atomic mass is 10.1. The molecule has 0 aromatic rings. The Kier molecular flexibility index (Phi) is 12.5. The van der Waals surface area contributed by atoms with Gasteiger partial charge in [0.25, 0.3) is 0 Å². The third-order valence-electron chi connectivity index (χ3n) is 2.26. The summed E-state index contributed by atoms with van der Waals surface area (Å²) in [5.41, 5.74) is 0. The highest BCUT2D eigenvalue weighted by Crippen LogP contribution is 2.06. The van der Waals surface area contributed by atoms with Gasteiger partial charge in [0.15, 0.2) is 0 Å². The van der Waals surface area contributed by atoms with Gasteiger partial charge in [0.1, 0.15) is 0 Å². The van der Waals surface area contributed by atoms with Crippen molar-refractivity contribution in [1.82, 2.24) is 0 Å². The van der Waals surface area contributed by atoms with Crippen molar-refractivity contribution < 1.29 is 9.53 Å². The van der Waals surface area contributed by atoms with E-state index in [1.165, 1.54) is 39.0 Å². The average molecular weight is 291 g/mol. The highest BCUT2D eigenvalue weighted by Gasteiger charge is 1.93. The first-order valence-electron chi connectivity index (χ1n) is 6.11. The number of rotatable bonds is 10. The summed E-state index contributed by atoms with van der Waals surface area (Å²) in [6.45, 7) is 2.04. The predicted octanol–water partition coefficient (Wildman–Crippen LogP) is 4.23. The Morgan fingerprint density at radius 3 is 2.38 bits per heavy atom. The molecule has 0 saturated carbocycles. The Morgan fingerprint density at radius 1 is 1.06 bits per heavy atom. The van der Waals surface area contributed by atoms with E-state index in [1.807, 2.05) is 0 Å². The van der Waals surface area contributed by atoms with Crippen LogP contribution in [-0.2, 0) is 9.53 Å². The molecule has 2 nitrogen and oxygen atoms in total. The lowest BCUT2D eigenvalue weighted by Gasteiger charge is -2.01. The van der Waals surface area contributed by atoms with Gasteiger partial charge in [-0.3, -0.25) is 4.79 Å². The fourth-order valence-electron chi connectivity index (χ4n) is 1.41. The second-order valence-electron chi connectivity index (χ2n) is 3.85. The molecule has 0 aromatic heterocycles. The molecule has 0 aliphatic carbocycles. The first kappa shape index (κ1) is 15.7. The summed E-state index contributed by atoms with van der Waals surface area (Å²) in [5, 5.41) is 1.06. The SMILES string of the molecule is CC(=O)OCCCCCCC/C=C\CCBr. The number of hydrogen-bond donors (Lipinski definition) is 0. The molecular weight excluding hydrogens is 268 g/mol. The molecule has 0 aliphatic rings. The number of ether oxygens (including phenoxy) is 1. The molecular formula is C13H23BrO2. The largest absolute Gasteiger partial charge is 0.466 e. The number of allylic oxidation sites excluding steroid dienone is 2. The smallest absolute Gasteiger partial charge is 0.302 e. The van der Waals surface area contributed by atoms with Crippen LogP contribution >= 0.6 is 15.9 Å². The van der Waals surface area contributed by atoms with Crippen molar-refractivity contribution in [2.75, 3.05) is 11.9 Å². The topological polar surface area (TPSA) is 26.3 Å². The molecule has 94 valence electrons. The maximum atomic E-state index is 10.5. The van der Waals surface area contributed by atoms with E-state index in [9.17, 15) is 4.79 Å². The molecule has 0 atom stereocenters. The first-order valence-corrected chi connectivity index (χ1v) is 7.24. The number of esters is 1. The van der Waals surface area contributed by atoms with Crippen LogP contribution in [0.15, 0.2) is 12.2 Å². The van der Waals surface area contributed by atoms with Gasteiger partial charge in [0.05, 0.1) is 6.61 Å². The molecule has 0 amide bonds. The third-order valence-corrected chi connectivity index (χ3v) is 2.72.